The van der Waals surface area contributed by atoms with Crippen LogP contribution in [0.3, 0.4) is 0 Å². The van der Waals surface area contributed by atoms with E-state index in [9.17, 15) is 9.00 Å². The molecule has 0 aromatic heterocycles. The molecular formula is C9H8Cl2O3S. The number of benzene rings is 1. The van der Waals surface area contributed by atoms with Gasteiger partial charge in [0.1, 0.15) is 5.25 Å². The number of rotatable bonds is 3. The SMILES string of the molecule is CC(C(=O)O)S(=O)c1c(Cl)cccc1Cl. The maximum Gasteiger partial charge on any atom is 0.319 e. The van der Waals surface area contributed by atoms with Crippen LogP contribution in [-0.2, 0) is 15.6 Å². The van der Waals surface area contributed by atoms with Crippen molar-refractivity contribution in [2.75, 3.05) is 0 Å². The van der Waals surface area contributed by atoms with Crippen LogP contribution in [0.25, 0.3) is 0 Å². The standard InChI is InChI=1S/C9H8Cl2O3S/c1-5(9(12)13)15(14)8-6(10)3-2-4-7(8)11/h2-5H,1H3,(H,12,13). The number of hydrogen-bond donors (Lipinski definition) is 1. The number of carboxylic acid groups (broad SMARTS) is 1. The monoisotopic (exact) mass is 266 g/mol. The summed E-state index contributed by atoms with van der Waals surface area (Å²) in [6.45, 7) is 1.35. The van der Waals surface area contributed by atoms with Gasteiger partial charge in [0.15, 0.2) is 0 Å². The molecule has 1 N–H and O–H groups in total. The average Bonchev–Trinajstić information content (AvgIpc) is 2.15. The molecule has 0 aliphatic heterocycles. The van der Waals surface area contributed by atoms with Crippen LogP contribution in [0.1, 0.15) is 6.92 Å². The molecule has 1 rings (SSSR count). The highest BCUT2D eigenvalue weighted by Gasteiger charge is 2.24. The molecule has 0 heterocycles. The van der Waals surface area contributed by atoms with Crippen LogP contribution in [0.5, 0.6) is 0 Å². The first-order chi connectivity index (χ1) is 6.95. The predicted molar refractivity (Wildman–Crippen MR) is 60.0 cm³/mol. The third-order valence-corrected chi connectivity index (χ3v) is 4.33. The fourth-order valence-electron chi connectivity index (χ4n) is 0.943. The summed E-state index contributed by atoms with van der Waals surface area (Å²) in [5.41, 5.74) is 0. The largest absolute Gasteiger partial charge is 0.480 e. The first kappa shape index (κ1) is 12.5. The van der Waals surface area contributed by atoms with Crippen molar-refractivity contribution in [3.05, 3.63) is 28.2 Å². The van der Waals surface area contributed by atoms with Gasteiger partial charge in [0.2, 0.25) is 0 Å². The van der Waals surface area contributed by atoms with Crippen molar-refractivity contribution in [2.45, 2.75) is 17.1 Å². The quantitative estimate of drug-likeness (QED) is 0.915. The van der Waals surface area contributed by atoms with Crippen molar-refractivity contribution in [1.29, 1.82) is 0 Å². The van der Waals surface area contributed by atoms with Crippen LogP contribution in [0, 0.1) is 0 Å². The van der Waals surface area contributed by atoms with E-state index in [0.717, 1.165) is 0 Å². The molecule has 0 amide bonds. The topological polar surface area (TPSA) is 54.4 Å². The van der Waals surface area contributed by atoms with Gasteiger partial charge in [-0.25, -0.2) is 0 Å². The zero-order valence-corrected chi connectivity index (χ0v) is 10.1. The number of carbonyl (C=O) groups is 1. The molecular weight excluding hydrogens is 259 g/mol. The van der Waals surface area contributed by atoms with Crippen molar-refractivity contribution < 1.29 is 14.1 Å². The van der Waals surface area contributed by atoms with Gasteiger partial charge in [-0.05, 0) is 19.1 Å². The Morgan fingerprint density at radius 1 is 1.40 bits per heavy atom. The molecule has 6 heteroatoms. The lowest BCUT2D eigenvalue weighted by Crippen LogP contribution is -2.22. The van der Waals surface area contributed by atoms with E-state index in [1.807, 2.05) is 0 Å². The predicted octanol–water partition coefficient (Wildman–Crippen LogP) is 2.57. The van der Waals surface area contributed by atoms with Gasteiger partial charge in [-0.2, -0.15) is 0 Å². The van der Waals surface area contributed by atoms with Crippen molar-refractivity contribution in [1.82, 2.24) is 0 Å². The summed E-state index contributed by atoms with van der Waals surface area (Å²) in [4.78, 5) is 10.8. The fraction of sp³-hybridized carbons (Fsp3) is 0.222. The first-order valence-electron chi connectivity index (χ1n) is 4.02. The highest BCUT2D eigenvalue weighted by atomic mass is 35.5. The van der Waals surface area contributed by atoms with Gasteiger partial charge in [0.25, 0.3) is 0 Å². The van der Waals surface area contributed by atoms with E-state index >= 15 is 0 Å². The zero-order chi connectivity index (χ0) is 11.6. The van der Waals surface area contributed by atoms with Gasteiger partial charge in [-0.3, -0.25) is 9.00 Å². The molecule has 0 radical (unpaired) electrons. The van der Waals surface area contributed by atoms with Crippen LogP contribution < -0.4 is 0 Å². The second kappa shape index (κ2) is 4.96. The summed E-state index contributed by atoms with van der Waals surface area (Å²) in [7, 11) is -1.74. The normalized spacial score (nSPS) is 14.6. The van der Waals surface area contributed by atoms with E-state index in [1.165, 1.54) is 19.1 Å². The number of aliphatic carboxylic acids is 1. The maximum absolute atomic E-state index is 11.8. The lowest BCUT2D eigenvalue weighted by atomic mass is 10.4. The number of carboxylic acids is 1. The van der Waals surface area contributed by atoms with Crippen LogP contribution >= 0.6 is 23.2 Å². The molecule has 0 bridgehead atoms. The number of halogens is 2. The molecule has 0 saturated carbocycles. The fourth-order valence-corrected chi connectivity index (χ4v) is 2.85. The minimum Gasteiger partial charge on any atom is -0.480 e. The minimum atomic E-state index is -1.74. The Kier molecular flexibility index (Phi) is 4.13. The molecule has 1 aromatic rings. The van der Waals surface area contributed by atoms with Gasteiger partial charge >= 0.3 is 5.97 Å². The summed E-state index contributed by atoms with van der Waals surface area (Å²) in [5, 5.41) is 8.11. The van der Waals surface area contributed by atoms with Gasteiger partial charge in [-0.1, -0.05) is 29.3 Å². The molecule has 3 nitrogen and oxygen atoms in total. The number of hydrogen-bond acceptors (Lipinski definition) is 2. The van der Waals surface area contributed by atoms with E-state index in [1.54, 1.807) is 6.07 Å². The van der Waals surface area contributed by atoms with Crippen molar-refractivity contribution in [3.63, 3.8) is 0 Å². The summed E-state index contributed by atoms with van der Waals surface area (Å²) in [6, 6.07) is 4.65. The summed E-state index contributed by atoms with van der Waals surface area (Å²) in [6.07, 6.45) is 0. The van der Waals surface area contributed by atoms with Crippen LogP contribution in [0.4, 0.5) is 0 Å². The molecule has 82 valence electrons. The molecule has 0 fully saturated rings. The highest BCUT2D eigenvalue weighted by molar-refractivity contribution is 7.86. The Balaban J connectivity index is 3.17. The lowest BCUT2D eigenvalue weighted by Gasteiger charge is -2.09. The molecule has 2 atom stereocenters. The molecule has 0 aliphatic rings. The average molecular weight is 267 g/mol. The van der Waals surface area contributed by atoms with E-state index in [0.29, 0.717) is 0 Å². The van der Waals surface area contributed by atoms with Gasteiger partial charge in [-0.15, -0.1) is 0 Å². The molecule has 15 heavy (non-hydrogen) atoms. The second-order valence-corrected chi connectivity index (χ2v) is 5.35. The molecule has 0 aliphatic carbocycles. The van der Waals surface area contributed by atoms with Crippen LogP contribution in [-0.4, -0.2) is 20.5 Å². The maximum atomic E-state index is 11.8. The van der Waals surface area contributed by atoms with Gasteiger partial charge < -0.3 is 5.11 Å². The van der Waals surface area contributed by atoms with Crippen LogP contribution in [0.2, 0.25) is 10.0 Å². The smallest absolute Gasteiger partial charge is 0.319 e. The first-order valence-corrected chi connectivity index (χ1v) is 5.99. The zero-order valence-electron chi connectivity index (χ0n) is 7.74. The molecule has 0 saturated heterocycles. The van der Waals surface area contributed by atoms with E-state index in [2.05, 4.69) is 0 Å². The Morgan fingerprint density at radius 3 is 2.27 bits per heavy atom. The van der Waals surface area contributed by atoms with Crippen molar-refractivity contribution >= 4 is 40.0 Å². The van der Waals surface area contributed by atoms with Crippen molar-refractivity contribution in [3.8, 4) is 0 Å². The third-order valence-electron chi connectivity index (χ3n) is 1.79. The summed E-state index contributed by atoms with van der Waals surface area (Å²) >= 11 is 11.6. The second-order valence-electron chi connectivity index (χ2n) is 2.83. The molecule has 1 aromatic carbocycles. The summed E-state index contributed by atoms with van der Waals surface area (Å²) in [5.74, 6) is -1.15. The van der Waals surface area contributed by atoms with Gasteiger partial charge in [0, 0.05) is 0 Å². The van der Waals surface area contributed by atoms with Crippen molar-refractivity contribution in [2.24, 2.45) is 0 Å². The minimum absolute atomic E-state index is 0.177. The van der Waals surface area contributed by atoms with Crippen LogP contribution in [0.15, 0.2) is 23.1 Å². The van der Waals surface area contributed by atoms with E-state index in [-0.39, 0.29) is 14.9 Å². The molecule has 0 spiro atoms. The Labute approximate surface area is 99.5 Å². The summed E-state index contributed by atoms with van der Waals surface area (Å²) < 4.78 is 11.8. The van der Waals surface area contributed by atoms with E-state index in [4.69, 9.17) is 28.3 Å². The van der Waals surface area contributed by atoms with Gasteiger partial charge in [0.05, 0.1) is 25.7 Å². The Hall–Kier alpha value is -0.580. The Morgan fingerprint density at radius 2 is 1.87 bits per heavy atom. The third kappa shape index (κ3) is 2.71. The molecule has 2 unspecified atom stereocenters. The highest BCUT2D eigenvalue weighted by Crippen LogP contribution is 2.29. The van der Waals surface area contributed by atoms with E-state index < -0.39 is 22.0 Å². The lowest BCUT2D eigenvalue weighted by molar-refractivity contribution is -0.136. The Bertz CT molecular complexity index is 400.